The van der Waals surface area contributed by atoms with E-state index in [1.165, 1.54) is 12.8 Å². The molecule has 1 aliphatic rings. The van der Waals surface area contributed by atoms with Crippen LogP contribution in [-0.4, -0.2) is 35.1 Å². The van der Waals surface area contributed by atoms with Crippen molar-refractivity contribution in [1.29, 1.82) is 0 Å². The second-order valence-corrected chi connectivity index (χ2v) is 7.61. The number of Topliss-reactive ketones (excluding diaryl/α,β-unsaturated/α-hetero) is 1. The van der Waals surface area contributed by atoms with Crippen LogP contribution >= 0.6 is 31.9 Å². The maximum atomic E-state index is 12.4. The summed E-state index contributed by atoms with van der Waals surface area (Å²) in [4.78, 5) is 14.5. The van der Waals surface area contributed by atoms with E-state index in [9.17, 15) is 4.79 Å². The molecule has 0 saturated carbocycles. The monoisotopic (exact) mass is 401 g/mol. The van der Waals surface area contributed by atoms with Gasteiger partial charge < -0.3 is 0 Å². The minimum Gasteiger partial charge on any atom is -0.297 e. The van der Waals surface area contributed by atoms with Gasteiger partial charge in [-0.3, -0.25) is 9.69 Å². The van der Waals surface area contributed by atoms with Crippen molar-refractivity contribution in [3.05, 3.63) is 35.9 Å². The third kappa shape index (κ3) is 4.40. The Balaban J connectivity index is 1.88. The van der Waals surface area contributed by atoms with Crippen molar-refractivity contribution in [1.82, 2.24) is 4.90 Å². The Morgan fingerprint density at radius 3 is 2.45 bits per heavy atom. The largest absolute Gasteiger partial charge is 0.297 e. The zero-order valence-electron chi connectivity index (χ0n) is 11.8. The van der Waals surface area contributed by atoms with Crippen LogP contribution in [0.2, 0.25) is 0 Å². The molecule has 0 unspecified atom stereocenters. The lowest BCUT2D eigenvalue weighted by atomic mass is 9.99. The molecule has 20 heavy (non-hydrogen) atoms. The van der Waals surface area contributed by atoms with Gasteiger partial charge in [-0.15, -0.1) is 0 Å². The average Bonchev–Trinajstić information content (AvgIpc) is 2.49. The lowest BCUT2D eigenvalue weighted by Crippen LogP contribution is -2.39. The highest BCUT2D eigenvalue weighted by Crippen LogP contribution is 2.32. The first-order valence-corrected chi connectivity index (χ1v) is 8.99. The molecule has 2 atom stereocenters. The number of piperidine rings is 1. The van der Waals surface area contributed by atoms with Crippen LogP contribution in [0.25, 0.3) is 0 Å². The highest BCUT2D eigenvalue weighted by Gasteiger charge is 2.27. The standard InChI is InChI=1S/C16H21Br2NO/c1-12-7-9-19(10-8-12)11-14(20)16(18)15(17)13-5-3-2-4-6-13/h2-6,12,15-16H,7-11H2,1H3/t15-,16-/m0/s1. The molecule has 0 spiro atoms. The fourth-order valence-corrected chi connectivity index (χ4v) is 3.55. The van der Waals surface area contributed by atoms with Crippen LogP contribution in [0, 0.1) is 5.92 Å². The Kier molecular flexibility index (Phi) is 6.24. The van der Waals surface area contributed by atoms with Gasteiger partial charge in [0.05, 0.1) is 16.2 Å². The lowest BCUT2D eigenvalue weighted by molar-refractivity contribution is -0.119. The van der Waals surface area contributed by atoms with Crippen LogP contribution in [0.15, 0.2) is 30.3 Å². The summed E-state index contributed by atoms with van der Waals surface area (Å²) < 4.78 is 0. The summed E-state index contributed by atoms with van der Waals surface area (Å²) >= 11 is 7.20. The summed E-state index contributed by atoms with van der Waals surface area (Å²) in [5.74, 6) is 1.06. The normalized spacial score (nSPS) is 20.6. The summed E-state index contributed by atoms with van der Waals surface area (Å²) in [6.45, 7) is 4.93. The molecule has 1 aliphatic heterocycles. The molecule has 0 aliphatic carbocycles. The second kappa shape index (κ2) is 7.71. The molecule has 1 heterocycles. The van der Waals surface area contributed by atoms with Gasteiger partial charge in [-0.1, -0.05) is 69.1 Å². The van der Waals surface area contributed by atoms with Gasteiger partial charge in [0.15, 0.2) is 5.78 Å². The van der Waals surface area contributed by atoms with E-state index < -0.39 is 0 Å². The van der Waals surface area contributed by atoms with Crippen molar-refractivity contribution < 1.29 is 4.79 Å². The van der Waals surface area contributed by atoms with E-state index in [-0.39, 0.29) is 15.4 Å². The Bertz CT molecular complexity index is 429. The molecule has 0 N–H and O–H groups in total. The van der Waals surface area contributed by atoms with Crippen LogP contribution in [0.3, 0.4) is 0 Å². The smallest absolute Gasteiger partial charge is 0.161 e. The second-order valence-electron chi connectivity index (χ2n) is 5.64. The number of carbonyl (C=O) groups is 1. The van der Waals surface area contributed by atoms with E-state index in [1.54, 1.807) is 0 Å². The van der Waals surface area contributed by atoms with Gasteiger partial charge in [0, 0.05) is 0 Å². The Labute approximate surface area is 138 Å². The highest BCUT2D eigenvalue weighted by molar-refractivity contribution is 9.12. The molecule has 1 saturated heterocycles. The molecule has 0 radical (unpaired) electrons. The molecule has 110 valence electrons. The first kappa shape index (κ1) is 16.2. The van der Waals surface area contributed by atoms with Crippen LogP contribution in [0.5, 0.6) is 0 Å². The number of alkyl halides is 2. The summed E-state index contributed by atoms with van der Waals surface area (Å²) in [7, 11) is 0. The van der Waals surface area contributed by atoms with Gasteiger partial charge in [-0.25, -0.2) is 0 Å². The van der Waals surface area contributed by atoms with Gasteiger partial charge in [-0.05, 0) is 37.4 Å². The minimum absolute atomic E-state index is 0.0277. The van der Waals surface area contributed by atoms with E-state index in [2.05, 4.69) is 43.7 Å². The van der Waals surface area contributed by atoms with E-state index >= 15 is 0 Å². The van der Waals surface area contributed by atoms with Gasteiger partial charge >= 0.3 is 0 Å². The Morgan fingerprint density at radius 1 is 1.25 bits per heavy atom. The summed E-state index contributed by atoms with van der Waals surface area (Å²) in [5, 5.41) is 0. The Hall–Kier alpha value is -0.190. The summed E-state index contributed by atoms with van der Waals surface area (Å²) in [5.41, 5.74) is 1.13. The zero-order chi connectivity index (χ0) is 14.5. The number of hydrogen-bond acceptors (Lipinski definition) is 2. The Morgan fingerprint density at radius 2 is 1.85 bits per heavy atom. The van der Waals surface area contributed by atoms with E-state index in [4.69, 9.17) is 0 Å². The fraction of sp³-hybridized carbons (Fsp3) is 0.562. The van der Waals surface area contributed by atoms with E-state index in [0.29, 0.717) is 6.54 Å². The van der Waals surface area contributed by atoms with Crippen LogP contribution in [-0.2, 0) is 4.79 Å². The average molecular weight is 403 g/mol. The molecule has 0 aromatic heterocycles. The van der Waals surface area contributed by atoms with Crippen molar-refractivity contribution in [3.8, 4) is 0 Å². The predicted molar refractivity (Wildman–Crippen MR) is 90.7 cm³/mol. The van der Waals surface area contributed by atoms with E-state index in [1.807, 2.05) is 30.3 Å². The van der Waals surface area contributed by atoms with Crippen LogP contribution in [0.4, 0.5) is 0 Å². The third-order valence-electron chi connectivity index (χ3n) is 3.94. The molecule has 0 bridgehead atoms. The SMILES string of the molecule is CC1CCN(CC(=O)[C@H](Br)[C@@H](Br)c2ccccc2)CC1. The molecule has 2 rings (SSSR count). The van der Waals surface area contributed by atoms with Gasteiger partial charge in [0.1, 0.15) is 0 Å². The van der Waals surface area contributed by atoms with E-state index in [0.717, 1.165) is 24.6 Å². The number of halogens is 2. The molecular formula is C16H21Br2NO. The maximum Gasteiger partial charge on any atom is 0.161 e. The molecule has 1 fully saturated rings. The van der Waals surface area contributed by atoms with Gasteiger partial charge in [-0.2, -0.15) is 0 Å². The topological polar surface area (TPSA) is 20.3 Å². The molecular weight excluding hydrogens is 382 g/mol. The van der Waals surface area contributed by atoms with Crippen molar-refractivity contribution >= 4 is 37.6 Å². The minimum atomic E-state index is -0.177. The number of benzene rings is 1. The zero-order valence-corrected chi connectivity index (χ0v) is 14.9. The summed E-state index contributed by atoms with van der Waals surface area (Å²) in [6.07, 6.45) is 2.41. The maximum absolute atomic E-state index is 12.4. The number of carbonyl (C=O) groups excluding carboxylic acids is 1. The number of ketones is 1. The molecule has 1 aromatic carbocycles. The third-order valence-corrected chi connectivity index (χ3v) is 6.74. The quantitative estimate of drug-likeness (QED) is 0.688. The predicted octanol–water partition coefficient (Wildman–Crippen LogP) is 4.19. The van der Waals surface area contributed by atoms with Crippen LogP contribution < -0.4 is 0 Å². The fourth-order valence-electron chi connectivity index (χ4n) is 2.50. The molecule has 2 nitrogen and oxygen atoms in total. The number of hydrogen-bond donors (Lipinski definition) is 0. The number of nitrogens with zero attached hydrogens (tertiary/aromatic N) is 1. The number of likely N-dealkylation sites (tertiary alicyclic amines) is 1. The van der Waals surface area contributed by atoms with Crippen molar-refractivity contribution in [2.24, 2.45) is 5.92 Å². The molecule has 1 aromatic rings. The van der Waals surface area contributed by atoms with Crippen molar-refractivity contribution in [2.75, 3.05) is 19.6 Å². The molecule has 4 heteroatoms. The van der Waals surface area contributed by atoms with Crippen molar-refractivity contribution in [3.63, 3.8) is 0 Å². The van der Waals surface area contributed by atoms with Crippen molar-refractivity contribution in [2.45, 2.75) is 29.4 Å². The highest BCUT2D eigenvalue weighted by atomic mass is 79.9. The lowest BCUT2D eigenvalue weighted by Gasteiger charge is -2.30. The van der Waals surface area contributed by atoms with Gasteiger partial charge in [0.25, 0.3) is 0 Å². The first-order chi connectivity index (χ1) is 9.58. The molecule has 0 amide bonds. The van der Waals surface area contributed by atoms with Crippen LogP contribution in [0.1, 0.15) is 30.2 Å². The van der Waals surface area contributed by atoms with Gasteiger partial charge in [0.2, 0.25) is 0 Å². The number of rotatable bonds is 5. The summed E-state index contributed by atoms with van der Waals surface area (Å²) in [6, 6.07) is 10.1. The first-order valence-electron chi connectivity index (χ1n) is 7.16.